The van der Waals surface area contributed by atoms with Crippen molar-refractivity contribution in [2.45, 2.75) is 32.9 Å². The van der Waals surface area contributed by atoms with Crippen molar-refractivity contribution in [1.29, 1.82) is 0 Å². The fourth-order valence-electron chi connectivity index (χ4n) is 1.21. The minimum absolute atomic E-state index is 0.0497. The molecule has 0 saturated heterocycles. The van der Waals surface area contributed by atoms with E-state index in [1.165, 1.54) is 0 Å². The van der Waals surface area contributed by atoms with Crippen molar-refractivity contribution in [2.75, 3.05) is 18.1 Å². The van der Waals surface area contributed by atoms with Gasteiger partial charge in [-0.05, 0) is 20.8 Å². The van der Waals surface area contributed by atoms with Crippen LogP contribution in [-0.4, -0.2) is 34.5 Å². The summed E-state index contributed by atoms with van der Waals surface area (Å²) in [5.41, 5.74) is 5.61. The molecule has 1 atom stereocenters. The number of rotatable bonds is 5. The number of aliphatic hydroxyl groups excluding tert-OH is 1. The Morgan fingerprint density at radius 3 is 2.47 bits per heavy atom. The lowest BCUT2D eigenvalue weighted by atomic mass is 10.3. The lowest BCUT2D eigenvalue weighted by molar-refractivity contribution is 0.294. The lowest BCUT2D eigenvalue weighted by Gasteiger charge is -2.22. The average molecular weight is 214 g/mol. The summed E-state index contributed by atoms with van der Waals surface area (Å²) in [5, 5.41) is 16.6. The third-order valence-corrected chi connectivity index (χ3v) is 2.03. The van der Waals surface area contributed by atoms with E-state index in [9.17, 15) is 0 Å². The van der Waals surface area contributed by atoms with Gasteiger partial charge in [-0.3, -0.25) is 0 Å². The fraction of sp³-hybridized carbons (Fsp3) is 0.778. The third-order valence-electron chi connectivity index (χ3n) is 2.03. The smallest absolute Gasteiger partial charge is 0.318 e. The molecule has 0 aliphatic heterocycles. The van der Waals surface area contributed by atoms with Gasteiger partial charge in [0.05, 0.1) is 12.6 Å². The molecule has 3 N–H and O–H groups in total. The zero-order valence-corrected chi connectivity index (χ0v) is 9.34. The maximum Gasteiger partial charge on any atom is 0.318 e. The van der Waals surface area contributed by atoms with E-state index in [1.807, 2.05) is 18.7 Å². The second-order valence-electron chi connectivity index (χ2n) is 3.72. The molecule has 6 nitrogen and oxygen atoms in total. The number of nitrogens with two attached hydrogens (primary N) is 1. The minimum atomic E-state index is -0.269. The van der Waals surface area contributed by atoms with E-state index in [0.29, 0.717) is 18.5 Å². The number of aliphatic hydroxyl groups is 1. The van der Waals surface area contributed by atoms with Gasteiger partial charge in [-0.1, -0.05) is 5.10 Å². The zero-order chi connectivity index (χ0) is 11.4. The monoisotopic (exact) mass is 214 g/mol. The molecule has 1 aromatic rings. The molecule has 0 aliphatic carbocycles. The minimum Gasteiger partial charge on any atom is -0.406 e. The van der Waals surface area contributed by atoms with Gasteiger partial charge < -0.3 is 20.2 Å². The maximum atomic E-state index is 8.91. The molecule has 6 heteroatoms. The molecule has 1 rings (SSSR count). The normalized spacial score (nSPS) is 13.2. The van der Waals surface area contributed by atoms with E-state index >= 15 is 0 Å². The molecule has 1 aromatic heterocycles. The van der Waals surface area contributed by atoms with Gasteiger partial charge in [0.25, 0.3) is 0 Å². The van der Waals surface area contributed by atoms with E-state index in [1.54, 1.807) is 6.92 Å². The molecule has 0 radical (unpaired) electrons. The van der Waals surface area contributed by atoms with E-state index in [4.69, 9.17) is 15.3 Å². The average Bonchev–Trinajstić information content (AvgIpc) is 2.62. The van der Waals surface area contributed by atoms with Gasteiger partial charge in [-0.25, -0.2) is 0 Å². The first kappa shape index (κ1) is 11.9. The maximum absolute atomic E-state index is 8.91. The van der Waals surface area contributed by atoms with Gasteiger partial charge >= 0.3 is 6.01 Å². The highest BCUT2D eigenvalue weighted by Gasteiger charge is 2.18. The van der Waals surface area contributed by atoms with Crippen LogP contribution in [0.1, 0.15) is 32.7 Å². The highest BCUT2D eigenvalue weighted by atomic mass is 16.4. The Bertz CT molecular complexity index is 298. The van der Waals surface area contributed by atoms with Gasteiger partial charge in [0.1, 0.15) is 0 Å². The Morgan fingerprint density at radius 1 is 1.40 bits per heavy atom. The standard InChI is InChI=1S/C9H18N4O2/c1-6(2)13(4-5-14)9-12-11-8(15-9)7(3)10/h6-7,14H,4-5,10H2,1-3H3. The van der Waals surface area contributed by atoms with Crippen molar-refractivity contribution >= 4 is 6.01 Å². The van der Waals surface area contributed by atoms with Gasteiger partial charge in [0, 0.05) is 12.6 Å². The summed E-state index contributed by atoms with van der Waals surface area (Å²) in [5.74, 6) is 0.411. The molecule has 86 valence electrons. The van der Waals surface area contributed by atoms with Crippen LogP contribution in [0.5, 0.6) is 0 Å². The molecule has 0 amide bonds. The van der Waals surface area contributed by atoms with E-state index < -0.39 is 0 Å². The van der Waals surface area contributed by atoms with Crippen molar-refractivity contribution in [3.8, 4) is 0 Å². The Hall–Kier alpha value is -1.14. The summed E-state index contributed by atoms with van der Waals surface area (Å²) in [6, 6.07) is 0.333. The van der Waals surface area contributed by atoms with Gasteiger partial charge in [0.15, 0.2) is 0 Å². The molecule has 0 fully saturated rings. The van der Waals surface area contributed by atoms with Crippen LogP contribution in [0.2, 0.25) is 0 Å². The third kappa shape index (κ3) is 2.90. The molecule has 0 saturated carbocycles. The summed E-state index contributed by atoms with van der Waals surface area (Å²) in [7, 11) is 0. The number of hydrogen-bond acceptors (Lipinski definition) is 6. The Kier molecular flexibility index (Phi) is 4.05. The molecular formula is C9H18N4O2. The van der Waals surface area contributed by atoms with Crippen LogP contribution in [0.25, 0.3) is 0 Å². The SMILES string of the molecule is CC(N)c1nnc(N(CCO)C(C)C)o1. The zero-order valence-electron chi connectivity index (χ0n) is 9.34. The summed E-state index contributed by atoms with van der Waals surface area (Å²) < 4.78 is 5.39. The van der Waals surface area contributed by atoms with Gasteiger partial charge in [-0.15, -0.1) is 5.10 Å². The topological polar surface area (TPSA) is 88.4 Å². The number of nitrogens with zero attached hydrogens (tertiary/aromatic N) is 3. The molecule has 0 aromatic carbocycles. The van der Waals surface area contributed by atoms with Crippen LogP contribution >= 0.6 is 0 Å². The van der Waals surface area contributed by atoms with Crippen LogP contribution in [0.3, 0.4) is 0 Å². The molecule has 1 unspecified atom stereocenters. The van der Waals surface area contributed by atoms with E-state index in [2.05, 4.69) is 10.2 Å². The molecule has 0 aliphatic rings. The highest BCUT2D eigenvalue weighted by Crippen LogP contribution is 2.17. The lowest BCUT2D eigenvalue weighted by Crippen LogP contribution is -2.33. The summed E-state index contributed by atoms with van der Waals surface area (Å²) in [4.78, 5) is 1.83. The van der Waals surface area contributed by atoms with Crippen molar-refractivity contribution in [3.05, 3.63) is 5.89 Å². The Labute approximate surface area is 89.1 Å². The number of hydrogen-bond donors (Lipinski definition) is 2. The first-order valence-corrected chi connectivity index (χ1v) is 5.02. The van der Waals surface area contributed by atoms with Gasteiger partial charge in [-0.2, -0.15) is 0 Å². The summed E-state index contributed by atoms with van der Waals surface area (Å²) in [6.07, 6.45) is 0. The fourth-order valence-corrected chi connectivity index (χ4v) is 1.21. The van der Waals surface area contributed by atoms with Gasteiger partial charge in [0.2, 0.25) is 5.89 Å². The second-order valence-corrected chi connectivity index (χ2v) is 3.72. The number of aromatic nitrogens is 2. The van der Waals surface area contributed by atoms with Crippen LogP contribution in [0, 0.1) is 0 Å². The van der Waals surface area contributed by atoms with E-state index in [0.717, 1.165) is 0 Å². The van der Waals surface area contributed by atoms with Crippen molar-refractivity contribution in [1.82, 2.24) is 10.2 Å². The Morgan fingerprint density at radius 2 is 2.07 bits per heavy atom. The van der Waals surface area contributed by atoms with Crippen molar-refractivity contribution in [2.24, 2.45) is 5.73 Å². The predicted molar refractivity (Wildman–Crippen MR) is 56.5 cm³/mol. The largest absolute Gasteiger partial charge is 0.406 e. The van der Waals surface area contributed by atoms with Crippen LogP contribution in [-0.2, 0) is 0 Å². The predicted octanol–water partition coefficient (Wildman–Crippen LogP) is 0.296. The Balaban J connectivity index is 2.81. The van der Waals surface area contributed by atoms with Crippen LogP contribution in [0.15, 0.2) is 4.42 Å². The summed E-state index contributed by atoms with van der Waals surface area (Å²) >= 11 is 0. The van der Waals surface area contributed by atoms with Crippen molar-refractivity contribution < 1.29 is 9.52 Å². The molecule has 1 heterocycles. The molecule has 15 heavy (non-hydrogen) atoms. The summed E-state index contributed by atoms with van der Waals surface area (Å²) in [6.45, 7) is 6.28. The first-order chi connectivity index (χ1) is 7.06. The molecular weight excluding hydrogens is 196 g/mol. The molecule has 0 bridgehead atoms. The molecule has 0 spiro atoms. The van der Waals surface area contributed by atoms with Crippen LogP contribution < -0.4 is 10.6 Å². The van der Waals surface area contributed by atoms with Crippen molar-refractivity contribution in [3.63, 3.8) is 0 Å². The second kappa shape index (κ2) is 5.09. The first-order valence-electron chi connectivity index (χ1n) is 5.02. The quantitative estimate of drug-likeness (QED) is 0.732. The number of anilines is 1. The van der Waals surface area contributed by atoms with Crippen LogP contribution in [0.4, 0.5) is 6.01 Å². The highest BCUT2D eigenvalue weighted by molar-refractivity contribution is 5.25. The van der Waals surface area contributed by atoms with E-state index in [-0.39, 0.29) is 18.7 Å².